The fourth-order valence-corrected chi connectivity index (χ4v) is 3.85. The van der Waals surface area contributed by atoms with Gasteiger partial charge in [-0.05, 0) is 25.3 Å². The van der Waals surface area contributed by atoms with E-state index in [1.54, 1.807) is 0 Å². The number of amides is 1. The standard InChI is InChI=1S/C20H23F3N4O2/c1-12-4-6-13(7-5-12)16-9-17(20(21,22)23)27-18(26-16)15(11-25-27)19(28)24-10-14-3-2-8-29-14/h4-7,11,14,16-17,26H,2-3,8-10H2,1H3,(H,24,28)/t14-,16+,17-/m0/s1. The summed E-state index contributed by atoms with van der Waals surface area (Å²) < 4.78 is 47.6. The molecule has 0 spiro atoms. The van der Waals surface area contributed by atoms with Crippen LogP contribution in [0.15, 0.2) is 30.5 Å². The number of nitrogens with zero attached hydrogens (tertiary/aromatic N) is 2. The highest BCUT2D eigenvalue weighted by atomic mass is 19.4. The molecule has 1 aromatic carbocycles. The van der Waals surface area contributed by atoms with Crippen LogP contribution in [0.5, 0.6) is 0 Å². The molecule has 1 aromatic heterocycles. The number of halogens is 3. The largest absolute Gasteiger partial charge is 0.410 e. The molecule has 2 aliphatic heterocycles. The molecular formula is C20H23F3N4O2. The third-order valence-corrected chi connectivity index (χ3v) is 5.48. The Bertz CT molecular complexity index is 873. The number of benzene rings is 1. The highest BCUT2D eigenvalue weighted by molar-refractivity contribution is 5.98. The van der Waals surface area contributed by atoms with Gasteiger partial charge in [0.2, 0.25) is 0 Å². The number of hydrogen-bond donors (Lipinski definition) is 2. The van der Waals surface area contributed by atoms with Gasteiger partial charge in [0.25, 0.3) is 5.91 Å². The Hall–Kier alpha value is -2.55. The lowest BCUT2D eigenvalue weighted by Gasteiger charge is -2.34. The van der Waals surface area contributed by atoms with E-state index in [2.05, 4.69) is 15.7 Å². The smallest absolute Gasteiger partial charge is 0.376 e. The molecule has 29 heavy (non-hydrogen) atoms. The van der Waals surface area contributed by atoms with Crippen LogP contribution >= 0.6 is 0 Å². The van der Waals surface area contributed by atoms with Gasteiger partial charge in [0.15, 0.2) is 6.04 Å². The van der Waals surface area contributed by atoms with E-state index in [-0.39, 0.29) is 23.9 Å². The van der Waals surface area contributed by atoms with Gasteiger partial charge in [-0.25, -0.2) is 4.68 Å². The Kier molecular flexibility index (Phi) is 5.24. The van der Waals surface area contributed by atoms with E-state index < -0.39 is 24.2 Å². The van der Waals surface area contributed by atoms with E-state index in [9.17, 15) is 18.0 Å². The number of alkyl halides is 3. The van der Waals surface area contributed by atoms with Crippen molar-refractivity contribution in [1.29, 1.82) is 0 Å². The minimum atomic E-state index is -4.47. The Labute approximate surface area is 166 Å². The maximum Gasteiger partial charge on any atom is 0.410 e. The normalized spacial score (nSPS) is 24.1. The van der Waals surface area contributed by atoms with E-state index in [0.29, 0.717) is 13.2 Å². The number of anilines is 1. The zero-order chi connectivity index (χ0) is 20.6. The molecule has 1 amide bonds. The predicted octanol–water partition coefficient (Wildman–Crippen LogP) is 3.76. The summed E-state index contributed by atoms with van der Waals surface area (Å²) in [5, 5.41) is 9.74. The molecule has 3 atom stereocenters. The summed E-state index contributed by atoms with van der Waals surface area (Å²) in [5.74, 6) is -0.367. The fraction of sp³-hybridized carbons (Fsp3) is 0.500. The maximum absolute atomic E-state index is 13.7. The highest BCUT2D eigenvalue weighted by Crippen LogP contribution is 2.44. The summed E-state index contributed by atoms with van der Waals surface area (Å²) >= 11 is 0. The van der Waals surface area contributed by atoms with Gasteiger partial charge in [0.05, 0.1) is 18.3 Å². The summed E-state index contributed by atoms with van der Waals surface area (Å²) in [6.07, 6.45) is -1.73. The van der Waals surface area contributed by atoms with Crippen LogP contribution in [0.4, 0.5) is 19.0 Å². The number of hydrogen-bond acceptors (Lipinski definition) is 4. The molecule has 1 saturated heterocycles. The third-order valence-electron chi connectivity index (χ3n) is 5.48. The van der Waals surface area contributed by atoms with E-state index in [1.807, 2.05) is 31.2 Å². The van der Waals surface area contributed by atoms with Crippen molar-refractivity contribution in [3.63, 3.8) is 0 Å². The summed E-state index contributed by atoms with van der Waals surface area (Å²) in [6.45, 7) is 2.91. The van der Waals surface area contributed by atoms with Crippen molar-refractivity contribution in [3.05, 3.63) is 47.2 Å². The van der Waals surface area contributed by atoms with Crippen LogP contribution < -0.4 is 10.6 Å². The van der Waals surface area contributed by atoms with Gasteiger partial charge in [0.1, 0.15) is 11.4 Å². The molecule has 3 heterocycles. The first-order valence-corrected chi connectivity index (χ1v) is 9.70. The average molecular weight is 408 g/mol. The quantitative estimate of drug-likeness (QED) is 0.808. The first kappa shape index (κ1) is 19.8. The van der Waals surface area contributed by atoms with Gasteiger partial charge in [-0.15, -0.1) is 0 Å². The second-order valence-electron chi connectivity index (χ2n) is 7.60. The number of nitrogens with one attached hydrogen (secondary N) is 2. The number of ether oxygens (including phenoxy) is 1. The van der Waals surface area contributed by atoms with Crippen molar-refractivity contribution >= 4 is 11.7 Å². The van der Waals surface area contributed by atoms with Crippen molar-refractivity contribution in [3.8, 4) is 0 Å². The second-order valence-corrected chi connectivity index (χ2v) is 7.60. The van der Waals surface area contributed by atoms with Gasteiger partial charge < -0.3 is 15.4 Å². The molecule has 0 unspecified atom stereocenters. The molecule has 0 bridgehead atoms. The number of fused-ring (bicyclic) bond motifs is 1. The molecule has 156 valence electrons. The van der Waals surface area contributed by atoms with Crippen LogP contribution in [0, 0.1) is 6.92 Å². The van der Waals surface area contributed by atoms with Crippen molar-refractivity contribution in [1.82, 2.24) is 15.1 Å². The number of carbonyl (C=O) groups excluding carboxylic acids is 1. The van der Waals surface area contributed by atoms with Gasteiger partial charge in [-0.3, -0.25) is 4.79 Å². The SMILES string of the molecule is Cc1ccc([C@H]2C[C@@H](C(F)(F)F)n3ncc(C(=O)NC[C@@H]4CCCO4)c3N2)cc1. The zero-order valence-corrected chi connectivity index (χ0v) is 16.0. The van der Waals surface area contributed by atoms with E-state index >= 15 is 0 Å². The fourth-order valence-electron chi connectivity index (χ4n) is 3.85. The van der Waals surface area contributed by atoms with Crippen LogP contribution in [0.3, 0.4) is 0 Å². The number of carbonyl (C=O) groups is 1. The molecule has 2 N–H and O–H groups in total. The first-order valence-electron chi connectivity index (χ1n) is 9.70. The summed E-state index contributed by atoms with van der Waals surface area (Å²) in [5.41, 5.74) is 1.87. The van der Waals surface area contributed by atoms with Crippen LogP contribution in [0.2, 0.25) is 0 Å². The zero-order valence-electron chi connectivity index (χ0n) is 16.0. The van der Waals surface area contributed by atoms with Gasteiger partial charge in [0, 0.05) is 19.6 Å². The summed E-state index contributed by atoms with van der Waals surface area (Å²) in [6, 6.07) is 4.97. The van der Waals surface area contributed by atoms with Gasteiger partial charge in [-0.2, -0.15) is 18.3 Å². The van der Waals surface area contributed by atoms with Crippen molar-refractivity contribution < 1.29 is 22.7 Å². The van der Waals surface area contributed by atoms with Crippen molar-refractivity contribution in [2.24, 2.45) is 0 Å². The van der Waals surface area contributed by atoms with E-state index in [4.69, 9.17) is 4.74 Å². The molecule has 0 aliphatic carbocycles. The lowest BCUT2D eigenvalue weighted by Crippen LogP contribution is -2.37. The number of aromatic nitrogens is 2. The molecule has 9 heteroatoms. The van der Waals surface area contributed by atoms with Crippen LogP contribution in [-0.4, -0.2) is 41.1 Å². The highest BCUT2D eigenvalue weighted by Gasteiger charge is 2.47. The number of rotatable bonds is 4. The minimum Gasteiger partial charge on any atom is -0.376 e. The van der Waals surface area contributed by atoms with Crippen molar-refractivity contribution in [2.45, 2.75) is 50.6 Å². The third kappa shape index (κ3) is 4.10. The molecule has 1 fully saturated rings. The molecule has 2 aliphatic rings. The molecule has 6 nitrogen and oxygen atoms in total. The molecule has 0 radical (unpaired) electrons. The monoisotopic (exact) mass is 408 g/mol. The van der Waals surface area contributed by atoms with Gasteiger partial charge in [-0.1, -0.05) is 29.8 Å². The predicted molar refractivity (Wildman–Crippen MR) is 101 cm³/mol. The Morgan fingerprint density at radius 2 is 2.10 bits per heavy atom. The summed E-state index contributed by atoms with van der Waals surface area (Å²) in [7, 11) is 0. The lowest BCUT2D eigenvalue weighted by molar-refractivity contribution is -0.173. The molecular weight excluding hydrogens is 385 g/mol. The molecule has 2 aromatic rings. The summed E-state index contributed by atoms with van der Waals surface area (Å²) in [4.78, 5) is 12.6. The van der Waals surface area contributed by atoms with Crippen LogP contribution in [0.1, 0.15) is 52.8 Å². The first-order chi connectivity index (χ1) is 13.8. The van der Waals surface area contributed by atoms with Crippen molar-refractivity contribution in [2.75, 3.05) is 18.5 Å². The maximum atomic E-state index is 13.7. The second kappa shape index (κ2) is 7.70. The minimum absolute atomic E-state index is 0.0541. The van der Waals surface area contributed by atoms with Crippen LogP contribution in [-0.2, 0) is 4.74 Å². The number of aryl methyl sites for hydroxylation is 1. The average Bonchev–Trinajstić information content (AvgIpc) is 3.35. The Morgan fingerprint density at radius 3 is 2.76 bits per heavy atom. The van der Waals surface area contributed by atoms with E-state index in [1.165, 1.54) is 6.20 Å². The van der Waals surface area contributed by atoms with E-state index in [0.717, 1.165) is 28.7 Å². The topological polar surface area (TPSA) is 68.2 Å². The van der Waals surface area contributed by atoms with Crippen LogP contribution in [0.25, 0.3) is 0 Å². The molecule has 0 saturated carbocycles. The Morgan fingerprint density at radius 1 is 1.34 bits per heavy atom. The lowest BCUT2D eigenvalue weighted by atomic mass is 9.96. The Balaban J connectivity index is 1.60. The molecule has 4 rings (SSSR count). The van der Waals surface area contributed by atoms with Gasteiger partial charge >= 0.3 is 6.18 Å².